The van der Waals surface area contributed by atoms with Gasteiger partial charge < -0.3 is 10.1 Å². The summed E-state index contributed by atoms with van der Waals surface area (Å²) >= 11 is 6.50. The average Bonchev–Trinajstić information content (AvgIpc) is 3.41. The first-order chi connectivity index (χ1) is 17.1. The molecule has 1 N–H and O–H groups in total. The van der Waals surface area contributed by atoms with E-state index in [4.69, 9.17) is 21.4 Å². The highest BCUT2D eigenvalue weighted by Crippen LogP contribution is 2.56. The van der Waals surface area contributed by atoms with Gasteiger partial charge in [0.1, 0.15) is 5.75 Å². The van der Waals surface area contributed by atoms with E-state index < -0.39 is 11.5 Å². The Morgan fingerprint density at radius 1 is 0.914 bits per heavy atom. The maximum atomic E-state index is 14.1. The molecule has 2 heterocycles. The fourth-order valence-corrected chi connectivity index (χ4v) is 5.38. The lowest BCUT2D eigenvalue weighted by molar-refractivity contribution is -0.120. The first-order valence-electron chi connectivity index (χ1n) is 11.4. The lowest BCUT2D eigenvalue weighted by Gasteiger charge is -2.37. The second-order valence-corrected chi connectivity index (χ2v) is 9.05. The Balaban J connectivity index is 1.67. The molecule has 0 bridgehead atoms. The quantitative estimate of drug-likeness (QED) is 0.379. The van der Waals surface area contributed by atoms with Crippen LogP contribution in [0.4, 0.5) is 11.4 Å². The molecule has 0 saturated carbocycles. The van der Waals surface area contributed by atoms with Crippen LogP contribution in [0.3, 0.4) is 0 Å². The van der Waals surface area contributed by atoms with E-state index in [-0.39, 0.29) is 5.91 Å². The number of halogens is 1. The molecule has 0 radical (unpaired) electrons. The van der Waals surface area contributed by atoms with E-state index in [2.05, 4.69) is 17.4 Å². The third kappa shape index (κ3) is 3.23. The van der Waals surface area contributed by atoms with E-state index in [1.807, 2.05) is 89.9 Å². The van der Waals surface area contributed by atoms with Crippen LogP contribution < -0.4 is 15.1 Å². The molecule has 0 aliphatic carbocycles. The van der Waals surface area contributed by atoms with Crippen LogP contribution >= 0.6 is 11.6 Å². The molecular weight excluding hydrogens is 458 g/mol. The fourth-order valence-electron chi connectivity index (χ4n) is 5.20. The maximum absolute atomic E-state index is 14.1. The Hall–Kier alpha value is -4.09. The van der Waals surface area contributed by atoms with Crippen molar-refractivity contribution in [1.82, 2.24) is 0 Å². The molecule has 5 nitrogen and oxygen atoms in total. The van der Waals surface area contributed by atoms with Gasteiger partial charge in [0.15, 0.2) is 5.54 Å². The number of para-hydroxylation sites is 1. The van der Waals surface area contributed by atoms with Crippen LogP contribution in [0, 0.1) is 0 Å². The van der Waals surface area contributed by atoms with Crippen LogP contribution in [0.15, 0.2) is 108 Å². The number of ether oxygens (including phenoxy) is 1. The van der Waals surface area contributed by atoms with Crippen LogP contribution in [-0.2, 0) is 10.3 Å². The van der Waals surface area contributed by atoms with E-state index in [9.17, 15) is 4.79 Å². The molecule has 0 unspecified atom stereocenters. The fraction of sp³-hybridized carbons (Fsp3) is 0.103. The summed E-state index contributed by atoms with van der Waals surface area (Å²) in [4.78, 5) is 14.1. The van der Waals surface area contributed by atoms with Crippen molar-refractivity contribution >= 4 is 34.6 Å². The minimum atomic E-state index is -1.15. The second kappa shape index (κ2) is 8.29. The van der Waals surface area contributed by atoms with Crippen molar-refractivity contribution in [3.8, 4) is 5.75 Å². The van der Waals surface area contributed by atoms with Gasteiger partial charge in [0, 0.05) is 16.3 Å². The molecule has 172 valence electrons. The summed E-state index contributed by atoms with van der Waals surface area (Å²) in [7, 11) is 1.64. The summed E-state index contributed by atoms with van der Waals surface area (Å²) in [5.74, 6) is 0.228. The van der Waals surface area contributed by atoms with Gasteiger partial charge in [0.05, 0.1) is 24.4 Å². The van der Waals surface area contributed by atoms with Crippen molar-refractivity contribution < 1.29 is 9.53 Å². The molecule has 1 spiro atoms. The van der Waals surface area contributed by atoms with Gasteiger partial charge in [-0.3, -0.25) is 4.79 Å². The van der Waals surface area contributed by atoms with Crippen LogP contribution in [-0.4, -0.2) is 18.7 Å². The number of fused-ring (bicyclic) bond motifs is 2. The van der Waals surface area contributed by atoms with Crippen molar-refractivity contribution in [3.05, 3.63) is 125 Å². The Kier molecular flexibility index (Phi) is 5.08. The molecule has 35 heavy (non-hydrogen) atoms. The second-order valence-electron chi connectivity index (χ2n) is 8.62. The molecule has 2 aliphatic rings. The largest absolute Gasteiger partial charge is 0.497 e. The third-order valence-electron chi connectivity index (χ3n) is 6.74. The first kappa shape index (κ1) is 21.4. The summed E-state index contributed by atoms with van der Waals surface area (Å²) < 4.78 is 5.37. The predicted octanol–water partition coefficient (Wildman–Crippen LogP) is 6.20. The van der Waals surface area contributed by atoms with Crippen molar-refractivity contribution in [2.45, 2.75) is 11.5 Å². The van der Waals surface area contributed by atoms with Gasteiger partial charge in [-0.05, 0) is 65.7 Å². The number of hydrogen-bond acceptors (Lipinski definition) is 4. The third-order valence-corrected chi connectivity index (χ3v) is 6.97. The predicted molar refractivity (Wildman–Crippen MR) is 139 cm³/mol. The number of carbonyl (C=O) groups excluding carboxylic acids is 1. The highest BCUT2D eigenvalue weighted by Gasteiger charge is 2.62. The number of carbonyl (C=O) groups is 1. The molecule has 0 fully saturated rings. The smallest absolute Gasteiger partial charge is 0.258 e. The average molecular weight is 480 g/mol. The van der Waals surface area contributed by atoms with Gasteiger partial charge in [-0.1, -0.05) is 60.1 Å². The molecule has 0 saturated heterocycles. The number of nitrogens with one attached hydrogen (secondary N) is 1. The van der Waals surface area contributed by atoms with E-state index in [1.165, 1.54) is 0 Å². The van der Waals surface area contributed by atoms with E-state index in [0.717, 1.165) is 39.5 Å². The van der Waals surface area contributed by atoms with Gasteiger partial charge in [-0.2, -0.15) is 5.10 Å². The lowest BCUT2D eigenvalue weighted by atomic mass is 9.72. The van der Waals surface area contributed by atoms with Gasteiger partial charge >= 0.3 is 0 Å². The summed E-state index contributed by atoms with van der Waals surface area (Å²) in [5, 5.41) is 10.7. The van der Waals surface area contributed by atoms with Crippen molar-refractivity contribution in [2.75, 3.05) is 17.4 Å². The summed E-state index contributed by atoms with van der Waals surface area (Å²) in [6, 6.07) is 33.2. The lowest BCUT2D eigenvalue weighted by Crippen LogP contribution is -2.50. The van der Waals surface area contributed by atoms with Crippen LogP contribution in [0.2, 0.25) is 5.02 Å². The van der Waals surface area contributed by atoms with Crippen molar-refractivity contribution in [3.63, 3.8) is 0 Å². The highest BCUT2D eigenvalue weighted by molar-refractivity contribution is 6.31. The zero-order chi connectivity index (χ0) is 24.0. The molecule has 6 rings (SSSR count). The Labute approximate surface area is 208 Å². The SMILES string of the molecule is COc1ccc(C2=NN(c3ccccc3)[C@]3(C(=O)Nc4ccc(Cl)cc43)[C@H]2c2ccccc2)cc1. The molecule has 0 aromatic heterocycles. The van der Waals surface area contributed by atoms with Gasteiger partial charge in [0.2, 0.25) is 0 Å². The number of hydrazone groups is 1. The zero-order valence-electron chi connectivity index (χ0n) is 19.0. The molecule has 2 atom stereocenters. The number of methoxy groups -OCH3 is 1. The number of rotatable bonds is 4. The van der Waals surface area contributed by atoms with Crippen LogP contribution in [0.25, 0.3) is 0 Å². The van der Waals surface area contributed by atoms with Crippen molar-refractivity contribution in [1.29, 1.82) is 0 Å². The zero-order valence-corrected chi connectivity index (χ0v) is 19.7. The number of benzene rings is 4. The first-order valence-corrected chi connectivity index (χ1v) is 11.8. The molecular formula is C29H22ClN3O2. The van der Waals surface area contributed by atoms with Gasteiger partial charge in [-0.25, -0.2) is 5.01 Å². The number of hydrogen-bond donors (Lipinski definition) is 1. The summed E-state index contributed by atoms with van der Waals surface area (Å²) in [6.45, 7) is 0. The monoisotopic (exact) mass is 479 g/mol. The minimum Gasteiger partial charge on any atom is -0.497 e. The van der Waals surface area contributed by atoms with Gasteiger partial charge in [-0.15, -0.1) is 0 Å². The topological polar surface area (TPSA) is 53.9 Å². The Bertz CT molecular complexity index is 1440. The maximum Gasteiger partial charge on any atom is 0.258 e. The molecule has 4 aromatic carbocycles. The molecule has 2 aliphatic heterocycles. The highest BCUT2D eigenvalue weighted by atomic mass is 35.5. The van der Waals surface area contributed by atoms with Crippen LogP contribution in [0.1, 0.15) is 22.6 Å². The molecule has 6 heteroatoms. The van der Waals surface area contributed by atoms with E-state index in [1.54, 1.807) is 13.2 Å². The minimum absolute atomic E-state index is 0.139. The number of anilines is 2. The van der Waals surface area contributed by atoms with Crippen LogP contribution in [0.5, 0.6) is 5.75 Å². The van der Waals surface area contributed by atoms with Crippen molar-refractivity contribution in [2.24, 2.45) is 5.10 Å². The normalized spacial score (nSPS) is 20.5. The summed E-state index contributed by atoms with van der Waals surface area (Å²) in [6.07, 6.45) is 0. The number of amides is 1. The Morgan fingerprint density at radius 3 is 2.29 bits per heavy atom. The number of nitrogens with zero attached hydrogens (tertiary/aromatic N) is 2. The Morgan fingerprint density at radius 2 is 1.60 bits per heavy atom. The van der Waals surface area contributed by atoms with E-state index in [0.29, 0.717) is 5.02 Å². The van der Waals surface area contributed by atoms with E-state index >= 15 is 0 Å². The standard InChI is InChI=1S/C29H22ClN3O2/c1-35-23-15-12-20(13-16-23)27-26(19-8-4-2-5-9-19)29(33(32-27)22-10-6-3-7-11-22)24-18-21(30)14-17-25(24)31-28(29)34/h2-18,26H,1H3,(H,31,34)/t26-,29-/m0/s1. The molecule has 4 aromatic rings. The molecule has 1 amide bonds. The summed E-state index contributed by atoms with van der Waals surface area (Å²) in [5.41, 5.74) is 3.92. The van der Waals surface area contributed by atoms with Gasteiger partial charge in [0.25, 0.3) is 5.91 Å².